The van der Waals surface area contributed by atoms with Gasteiger partial charge in [0.05, 0.1) is 17.8 Å². The van der Waals surface area contributed by atoms with Crippen molar-refractivity contribution in [2.75, 3.05) is 11.4 Å². The lowest BCUT2D eigenvalue weighted by atomic mass is 10.0. The summed E-state index contributed by atoms with van der Waals surface area (Å²) < 4.78 is 1.93. The molecule has 20 heavy (non-hydrogen) atoms. The summed E-state index contributed by atoms with van der Waals surface area (Å²) >= 11 is 0. The fourth-order valence-corrected chi connectivity index (χ4v) is 2.92. The van der Waals surface area contributed by atoms with Gasteiger partial charge in [-0.2, -0.15) is 0 Å². The van der Waals surface area contributed by atoms with Crippen LogP contribution in [0, 0.1) is 0 Å². The van der Waals surface area contributed by atoms with Crippen LogP contribution >= 0.6 is 0 Å². The van der Waals surface area contributed by atoms with E-state index in [-0.39, 0.29) is 6.42 Å². The van der Waals surface area contributed by atoms with Crippen molar-refractivity contribution in [3.63, 3.8) is 0 Å². The van der Waals surface area contributed by atoms with E-state index in [0.717, 1.165) is 12.2 Å². The molecule has 0 amide bonds. The minimum atomic E-state index is -0.849. The molecule has 2 aromatic rings. The topological polar surface area (TPSA) is 57.8 Å². The first kappa shape index (κ1) is 13.0. The number of piperidine rings is 1. The molecule has 1 unspecified atom stereocenters. The summed E-state index contributed by atoms with van der Waals surface area (Å²) in [7, 11) is 0. The second kappa shape index (κ2) is 5.15. The molecule has 1 N–H and O–H groups in total. The lowest BCUT2D eigenvalue weighted by Gasteiger charge is -2.35. The van der Waals surface area contributed by atoms with Crippen LogP contribution in [0.25, 0.3) is 5.65 Å². The highest BCUT2D eigenvalue weighted by Gasteiger charge is 2.19. The molecule has 1 fully saturated rings. The average molecular weight is 273 g/mol. The predicted molar refractivity (Wildman–Crippen MR) is 77.2 cm³/mol. The zero-order valence-corrected chi connectivity index (χ0v) is 11.6. The van der Waals surface area contributed by atoms with Crippen molar-refractivity contribution >= 4 is 17.3 Å². The zero-order valence-electron chi connectivity index (χ0n) is 11.6. The maximum atomic E-state index is 10.7. The number of hydrogen-bond donors (Lipinski definition) is 1. The number of nitrogens with zero attached hydrogens (tertiary/aromatic N) is 3. The highest BCUT2D eigenvalue weighted by Crippen LogP contribution is 2.25. The molecule has 1 aliphatic rings. The van der Waals surface area contributed by atoms with Gasteiger partial charge in [0.15, 0.2) is 0 Å². The van der Waals surface area contributed by atoms with Crippen LogP contribution in [0.3, 0.4) is 0 Å². The third kappa shape index (κ3) is 2.48. The van der Waals surface area contributed by atoms with Crippen molar-refractivity contribution in [3.8, 4) is 0 Å². The number of hydrogen-bond acceptors (Lipinski definition) is 3. The van der Waals surface area contributed by atoms with Crippen LogP contribution < -0.4 is 4.90 Å². The van der Waals surface area contributed by atoms with E-state index in [0.29, 0.717) is 11.7 Å². The third-order valence-electron chi connectivity index (χ3n) is 3.95. The number of anilines is 1. The van der Waals surface area contributed by atoms with Gasteiger partial charge in [-0.1, -0.05) is 0 Å². The van der Waals surface area contributed by atoms with Gasteiger partial charge in [-0.15, -0.1) is 0 Å². The van der Waals surface area contributed by atoms with E-state index in [1.54, 1.807) is 0 Å². The third-order valence-corrected chi connectivity index (χ3v) is 3.95. The number of aromatic nitrogens is 2. The van der Waals surface area contributed by atoms with Crippen molar-refractivity contribution < 1.29 is 9.90 Å². The molecule has 2 aromatic heterocycles. The Morgan fingerprint density at radius 3 is 3.00 bits per heavy atom. The van der Waals surface area contributed by atoms with Crippen molar-refractivity contribution in [2.45, 2.75) is 38.6 Å². The summed E-state index contributed by atoms with van der Waals surface area (Å²) in [4.78, 5) is 17.5. The predicted octanol–water partition coefficient (Wildman–Crippen LogP) is 2.34. The maximum Gasteiger partial charge on any atom is 0.309 e. The first-order valence-corrected chi connectivity index (χ1v) is 7.09. The molecule has 0 saturated carbocycles. The molecule has 3 heterocycles. The SMILES string of the molecule is CC1CCCCN1c1ccc2nc(CC(=O)O)cn2c1. The smallest absolute Gasteiger partial charge is 0.309 e. The molecule has 1 atom stereocenters. The molecule has 106 valence electrons. The molecule has 5 heteroatoms. The molecule has 0 spiro atoms. The normalized spacial score (nSPS) is 19.4. The van der Waals surface area contributed by atoms with Crippen molar-refractivity contribution in [3.05, 3.63) is 30.2 Å². The van der Waals surface area contributed by atoms with E-state index in [9.17, 15) is 4.79 Å². The summed E-state index contributed by atoms with van der Waals surface area (Å²) in [5.41, 5.74) is 2.58. The van der Waals surface area contributed by atoms with E-state index in [1.165, 1.54) is 24.9 Å². The summed E-state index contributed by atoms with van der Waals surface area (Å²) in [6.07, 6.45) is 7.59. The number of pyridine rings is 1. The van der Waals surface area contributed by atoms with Crippen LogP contribution in [-0.4, -0.2) is 33.0 Å². The number of rotatable bonds is 3. The Morgan fingerprint density at radius 1 is 1.40 bits per heavy atom. The fraction of sp³-hybridized carbons (Fsp3) is 0.467. The molecule has 1 aliphatic heterocycles. The highest BCUT2D eigenvalue weighted by molar-refractivity contribution is 5.70. The lowest BCUT2D eigenvalue weighted by molar-refractivity contribution is -0.136. The Labute approximate surface area is 117 Å². The first-order valence-electron chi connectivity index (χ1n) is 7.09. The van der Waals surface area contributed by atoms with Crippen molar-refractivity contribution in [1.82, 2.24) is 9.38 Å². The monoisotopic (exact) mass is 273 g/mol. The Kier molecular flexibility index (Phi) is 3.34. The quantitative estimate of drug-likeness (QED) is 0.932. The van der Waals surface area contributed by atoms with Crippen LogP contribution in [0.15, 0.2) is 24.5 Å². The molecule has 0 radical (unpaired) electrons. The fourth-order valence-electron chi connectivity index (χ4n) is 2.92. The lowest BCUT2D eigenvalue weighted by Crippen LogP contribution is -2.37. The minimum absolute atomic E-state index is 0.0306. The van der Waals surface area contributed by atoms with E-state index >= 15 is 0 Å². The summed E-state index contributed by atoms with van der Waals surface area (Å²) in [6.45, 7) is 3.34. The van der Waals surface area contributed by atoms with Gasteiger partial charge in [-0.05, 0) is 38.3 Å². The summed E-state index contributed by atoms with van der Waals surface area (Å²) in [5.74, 6) is -0.849. The van der Waals surface area contributed by atoms with E-state index in [2.05, 4.69) is 29.1 Å². The summed E-state index contributed by atoms with van der Waals surface area (Å²) in [5, 5.41) is 8.83. The van der Waals surface area contributed by atoms with Gasteiger partial charge in [-0.3, -0.25) is 4.79 Å². The number of fused-ring (bicyclic) bond motifs is 1. The van der Waals surface area contributed by atoms with Gasteiger partial charge in [0.25, 0.3) is 0 Å². The average Bonchev–Trinajstić information content (AvgIpc) is 2.79. The number of imidazole rings is 1. The number of carboxylic acids is 1. The number of carboxylic acid groups (broad SMARTS) is 1. The molecular weight excluding hydrogens is 254 g/mol. The van der Waals surface area contributed by atoms with Crippen LogP contribution in [0.2, 0.25) is 0 Å². The van der Waals surface area contributed by atoms with Gasteiger partial charge in [0.2, 0.25) is 0 Å². The second-order valence-electron chi connectivity index (χ2n) is 5.49. The molecule has 0 aliphatic carbocycles. The number of carbonyl (C=O) groups is 1. The molecule has 1 saturated heterocycles. The van der Waals surface area contributed by atoms with Gasteiger partial charge in [0, 0.05) is 25.0 Å². The van der Waals surface area contributed by atoms with Crippen molar-refractivity contribution in [1.29, 1.82) is 0 Å². The Morgan fingerprint density at radius 2 is 2.25 bits per heavy atom. The van der Waals surface area contributed by atoms with E-state index in [4.69, 9.17) is 5.11 Å². The molecular formula is C15H19N3O2. The zero-order chi connectivity index (χ0) is 14.1. The first-order chi connectivity index (χ1) is 9.63. The Balaban J connectivity index is 1.91. The largest absolute Gasteiger partial charge is 0.481 e. The highest BCUT2D eigenvalue weighted by atomic mass is 16.4. The Hall–Kier alpha value is -2.04. The van der Waals surface area contributed by atoms with Crippen LogP contribution in [0.1, 0.15) is 31.9 Å². The van der Waals surface area contributed by atoms with E-state index < -0.39 is 5.97 Å². The van der Waals surface area contributed by atoms with Gasteiger partial charge in [-0.25, -0.2) is 4.98 Å². The molecule has 0 bridgehead atoms. The molecule has 0 aromatic carbocycles. The van der Waals surface area contributed by atoms with Crippen LogP contribution in [0.5, 0.6) is 0 Å². The minimum Gasteiger partial charge on any atom is -0.481 e. The molecule has 3 rings (SSSR count). The number of aliphatic carboxylic acids is 1. The van der Waals surface area contributed by atoms with Crippen LogP contribution in [-0.2, 0) is 11.2 Å². The van der Waals surface area contributed by atoms with Gasteiger partial charge in [0.1, 0.15) is 5.65 Å². The maximum absolute atomic E-state index is 10.7. The standard InChI is InChI=1S/C15H19N3O2/c1-11-4-2-3-7-18(11)13-5-6-14-16-12(8-15(19)20)9-17(14)10-13/h5-6,9-11H,2-4,7-8H2,1H3,(H,19,20). The van der Waals surface area contributed by atoms with Crippen molar-refractivity contribution in [2.24, 2.45) is 0 Å². The van der Waals surface area contributed by atoms with Gasteiger partial charge >= 0.3 is 5.97 Å². The Bertz CT molecular complexity index is 635. The second-order valence-corrected chi connectivity index (χ2v) is 5.49. The molecule has 5 nitrogen and oxygen atoms in total. The van der Waals surface area contributed by atoms with E-state index in [1.807, 2.05) is 16.7 Å². The van der Waals surface area contributed by atoms with Gasteiger partial charge < -0.3 is 14.4 Å². The van der Waals surface area contributed by atoms with Crippen LogP contribution in [0.4, 0.5) is 5.69 Å². The summed E-state index contributed by atoms with van der Waals surface area (Å²) in [6, 6.07) is 4.60.